The first kappa shape index (κ1) is 10.2. The number of carbonyl (C=O) groups is 1. The van der Waals surface area contributed by atoms with Crippen molar-refractivity contribution in [2.45, 2.75) is 13.0 Å². The first-order chi connectivity index (χ1) is 8.27. The van der Waals surface area contributed by atoms with Gasteiger partial charge in [0.05, 0.1) is 11.1 Å². The molecule has 2 aromatic rings. The van der Waals surface area contributed by atoms with Crippen LogP contribution in [0.3, 0.4) is 0 Å². The zero-order valence-corrected chi connectivity index (χ0v) is 9.23. The van der Waals surface area contributed by atoms with Gasteiger partial charge in [-0.1, -0.05) is 12.1 Å². The molecule has 2 N–H and O–H groups in total. The number of hydrogen-bond acceptors (Lipinski definition) is 3. The number of carboxylic acids is 1. The average Bonchev–Trinajstić information content (AvgIpc) is 2.37. The van der Waals surface area contributed by atoms with Crippen LogP contribution in [0.15, 0.2) is 24.4 Å². The zero-order valence-electron chi connectivity index (χ0n) is 9.23. The van der Waals surface area contributed by atoms with Crippen LogP contribution in [0.25, 0.3) is 10.9 Å². The van der Waals surface area contributed by atoms with Crippen molar-refractivity contribution in [3.8, 4) is 0 Å². The van der Waals surface area contributed by atoms with Crippen LogP contribution in [0, 0.1) is 0 Å². The van der Waals surface area contributed by atoms with Crippen molar-refractivity contribution >= 4 is 16.9 Å². The highest BCUT2D eigenvalue weighted by molar-refractivity contribution is 6.03. The normalized spacial score (nSPS) is 14.6. The maximum absolute atomic E-state index is 11.1. The predicted octanol–water partition coefficient (Wildman–Crippen LogP) is 1.58. The molecule has 0 spiro atoms. The van der Waals surface area contributed by atoms with Gasteiger partial charge in [-0.2, -0.15) is 0 Å². The number of pyridine rings is 1. The molecular formula is C13H12N2O2. The topological polar surface area (TPSA) is 62.2 Å². The molecule has 0 bridgehead atoms. The quantitative estimate of drug-likeness (QED) is 0.777. The number of aromatic carboxylic acids is 1. The Bertz CT molecular complexity index is 608. The van der Waals surface area contributed by atoms with Crippen LogP contribution < -0.4 is 5.32 Å². The molecular weight excluding hydrogens is 216 g/mol. The number of carboxylic acid groups (broad SMARTS) is 1. The Morgan fingerprint density at radius 1 is 1.35 bits per heavy atom. The van der Waals surface area contributed by atoms with Gasteiger partial charge < -0.3 is 10.4 Å². The molecule has 1 aromatic heterocycles. The number of aromatic nitrogens is 1. The van der Waals surface area contributed by atoms with Crippen LogP contribution in [0.2, 0.25) is 0 Å². The Kier molecular flexibility index (Phi) is 2.30. The first-order valence-corrected chi connectivity index (χ1v) is 5.61. The van der Waals surface area contributed by atoms with E-state index < -0.39 is 5.97 Å². The third kappa shape index (κ3) is 1.57. The van der Waals surface area contributed by atoms with E-state index in [2.05, 4.69) is 10.3 Å². The van der Waals surface area contributed by atoms with E-state index in [-0.39, 0.29) is 0 Å². The van der Waals surface area contributed by atoms with Crippen molar-refractivity contribution in [3.63, 3.8) is 0 Å². The highest BCUT2D eigenvalue weighted by Gasteiger charge is 2.16. The standard InChI is InChI=1S/C13H12N2O2/c16-13(17)10-4-6-15-12-9(10)2-1-8-3-5-14-7-11(8)12/h1-2,4,6,14H,3,5,7H2,(H,16,17). The Morgan fingerprint density at radius 2 is 2.24 bits per heavy atom. The van der Waals surface area contributed by atoms with Crippen molar-refractivity contribution < 1.29 is 9.90 Å². The molecule has 3 rings (SSSR count). The molecule has 1 aromatic carbocycles. The highest BCUT2D eigenvalue weighted by Crippen LogP contribution is 2.25. The number of nitrogens with zero attached hydrogens (tertiary/aromatic N) is 1. The minimum atomic E-state index is -0.902. The predicted molar refractivity (Wildman–Crippen MR) is 64.1 cm³/mol. The Hall–Kier alpha value is -1.94. The van der Waals surface area contributed by atoms with Gasteiger partial charge in [0.1, 0.15) is 0 Å². The van der Waals surface area contributed by atoms with E-state index in [1.807, 2.05) is 12.1 Å². The van der Waals surface area contributed by atoms with Crippen molar-refractivity contribution in [3.05, 3.63) is 41.1 Å². The molecule has 17 heavy (non-hydrogen) atoms. The van der Waals surface area contributed by atoms with E-state index in [1.54, 1.807) is 12.3 Å². The lowest BCUT2D eigenvalue weighted by molar-refractivity contribution is 0.0699. The second-order valence-electron chi connectivity index (χ2n) is 4.19. The second-order valence-corrected chi connectivity index (χ2v) is 4.19. The van der Waals surface area contributed by atoms with Gasteiger partial charge in [0.15, 0.2) is 0 Å². The van der Waals surface area contributed by atoms with Gasteiger partial charge in [-0.25, -0.2) is 4.79 Å². The fourth-order valence-corrected chi connectivity index (χ4v) is 2.37. The monoisotopic (exact) mass is 228 g/mol. The smallest absolute Gasteiger partial charge is 0.336 e. The summed E-state index contributed by atoms with van der Waals surface area (Å²) in [4.78, 5) is 15.5. The van der Waals surface area contributed by atoms with Crippen molar-refractivity contribution in [1.29, 1.82) is 0 Å². The summed E-state index contributed by atoms with van der Waals surface area (Å²) in [5, 5.41) is 13.2. The molecule has 86 valence electrons. The molecule has 0 saturated heterocycles. The van der Waals surface area contributed by atoms with Crippen LogP contribution >= 0.6 is 0 Å². The molecule has 0 saturated carbocycles. The summed E-state index contributed by atoms with van der Waals surface area (Å²) in [6, 6.07) is 5.44. The lowest BCUT2D eigenvalue weighted by atomic mass is 9.96. The fourth-order valence-electron chi connectivity index (χ4n) is 2.37. The molecule has 0 radical (unpaired) electrons. The largest absolute Gasteiger partial charge is 0.478 e. The van der Waals surface area contributed by atoms with Gasteiger partial charge in [0.25, 0.3) is 0 Å². The van der Waals surface area contributed by atoms with Crippen LogP contribution in [0.4, 0.5) is 0 Å². The second kappa shape index (κ2) is 3.82. The zero-order chi connectivity index (χ0) is 11.8. The summed E-state index contributed by atoms with van der Waals surface area (Å²) in [5.41, 5.74) is 3.54. The first-order valence-electron chi connectivity index (χ1n) is 5.61. The van der Waals surface area contributed by atoms with Crippen LogP contribution in [0.1, 0.15) is 21.5 Å². The third-order valence-corrected chi connectivity index (χ3v) is 3.22. The van der Waals surface area contributed by atoms with Gasteiger partial charge in [-0.15, -0.1) is 0 Å². The van der Waals surface area contributed by atoms with Crippen LogP contribution in [0.5, 0.6) is 0 Å². The SMILES string of the molecule is O=C(O)c1ccnc2c3c(ccc12)CCNC3. The van der Waals surface area contributed by atoms with Crippen molar-refractivity contribution in [2.24, 2.45) is 0 Å². The molecule has 2 heterocycles. The van der Waals surface area contributed by atoms with Crippen molar-refractivity contribution in [1.82, 2.24) is 10.3 Å². The number of nitrogens with one attached hydrogen (secondary N) is 1. The summed E-state index contributed by atoms with van der Waals surface area (Å²) < 4.78 is 0. The van der Waals surface area contributed by atoms with Crippen LogP contribution in [-0.4, -0.2) is 22.6 Å². The van der Waals surface area contributed by atoms with E-state index >= 15 is 0 Å². The molecule has 0 amide bonds. The molecule has 1 aliphatic rings. The maximum Gasteiger partial charge on any atom is 0.336 e. The number of fused-ring (bicyclic) bond motifs is 3. The Morgan fingerprint density at radius 3 is 3.06 bits per heavy atom. The molecule has 4 nitrogen and oxygen atoms in total. The van der Waals surface area contributed by atoms with E-state index in [0.717, 1.165) is 36.0 Å². The van der Waals surface area contributed by atoms with E-state index in [0.29, 0.717) is 5.56 Å². The number of benzene rings is 1. The fraction of sp³-hybridized carbons (Fsp3) is 0.231. The summed E-state index contributed by atoms with van der Waals surface area (Å²) >= 11 is 0. The summed E-state index contributed by atoms with van der Waals surface area (Å²) in [6.07, 6.45) is 2.55. The molecule has 0 aliphatic carbocycles. The average molecular weight is 228 g/mol. The molecule has 1 aliphatic heterocycles. The number of rotatable bonds is 1. The Labute approximate surface area is 98.3 Å². The number of hydrogen-bond donors (Lipinski definition) is 2. The minimum absolute atomic E-state index is 0.323. The highest BCUT2D eigenvalue weighted by atomic mass is 16.4. The van der Waals surface area contributed by atoms with Crippen molar-refractivity contribution in [2.75, 3.05) is 6.54 Å². The Balaban J connectivity index is 2.34. The molecule has 0 atom stereocenters. The third-order valence-electron chi connectivity index (χ3n) is 3.22. The van der Waals surface area contributed by atoms with E-state index in [9.17, 15) is 4.79 Å². The summed E-state index contributed by atoms with van der Waals surface area (Å²) in [6.45, 7) is 1.74. The molecule has 4 heteroatoms. The van der Waals surface area contributed by atoms with Crippen LogP contribution in [-0.2, 0) is 13.0 Å². The summed E-state index contributed by atoms with van der Waals surface area (Å²) in [5.74, 6) is -0.902. The minimum Gasteiger partial charge on any atom is -0.478 e. The molecule has 0 fully saturated rings. The van der Waals surface area contributed by atoms with E-state index in [1.165, 1.54) is 5.56 Å². The summed E-state index contributed by atoms with van der Waals surface area (Å²) in [7, 11) is 0. The maximum atomic E-state index is 11.1. The van der Waals surface area contributed by atoms with Gasteiger partial charge in [0.2, 0.25) is 0 Å². The van der Waals surface area contributed by atoms with E-state index in [4.69, 9.17) is 5.11 Å². The lowest BCUT2D eigenvalue weighted by Crippen LogP contribution is -2.24. The molecule has 0 unspecified atom stereocenters. The lowest BCUT2D eigenvalue weighted by Gasteiger charge is -2.18. The van der Waals surface area contributed by atoms with Gasteiger partial charge in [0, 0.05) is 18.1 Å². The van der Waals surface area contributed by atoms with Gasteiger partial charge >= 0.3 is 5.97 Å². The van der Waals surface area contributed by atoms with Gasteiger partial charge in [-0.3, -0.25) is 4.98 Å². The van der Waals surface area contributed by atoms with Gasteiger partial charge in [-0.05, 0) is 30.2 Å².